The van der Waals surface area contributed by atoms with Crippen molar-refractivity contribution in [3.05, 3.63) is 45.7 Å². The Bertz CT molecular complexity index is 1190. The number of piperazine rings is 1. The SMILES string of the molecule is COc1ccc(-c2cn(C)c(=O)c3cc(CN4CCNC[C@@H]4C(N)=O)sc23)cc1OC. The van der Waals surface area contributed by atoms with Crippen LogP contribution in [0.15, 0.2) is 35.3 Å². The summed E-state index contributed by atoms with van der Waals surface area (Å²) in [4.78, 5) is 27.8. The van der Waals surface area contributed by atoms with Gasteiger partial charge < -0.3 is 25.1 Å². The van der Waals surface area contributed by atoms with Gasteiger partial charge in [0, 0.05) is 54.6 Å². The highest BCUT2D eigenvalue weighted by molar-refractivity contribution is 7.19. The second-order valence-corrected chi connectivity index (χ2v) is 8.71. The zero-order chi connectivity index (χ0) is 22.1. The van der Waals surface area contributed by atoms with Crippen LogP contribution in [0, 0.1) is 0 Å². The first-order chi connectivity index (χ1) is 14.9. The van der Waals surface area contributed by atoms with E-state index in [4.69, 9.17) is 15.2 Å². The molecule has 1 amide bonds. The maximum Gasteiger partial charge on any atom is 0.259 e. The van der Waals surface area contributed by atoms with Crippen molar-refractivity contribution in [1.29, 1.82) is 0 Å². The van der Waals surface area contributed by atoms with Gasteiger partial charge >= 0.3 is 0 Å². The van der Waals surface area contributed by atoms with Crippen LogP contribution in [0.2, 0.25) is 0 Å². The Morgan fingerprint density at radius 2 is 2.03 bits per heavy atom. The second kappa shape index (κ2) is 8.70. The van der Waals surface area contributed by atoms with E-state index in [0.717, 1.165) is 33.8 Å². The van der Waals surface area contributed by atoms with Crippen LogP contribution in [0.4, 0.5) is 0 Å². The van der Waals surface area contributed by atoms with E-state index in [1.807, 2.05) is 30.5 Å². The van der Waals surface area contributed by atoms with Gasteiger partial charge in [0.2, 0.25) is 5.91 Å². The van der Waals surface area contributed by atoms with Crippen LogP contribution >= 0.6 is 11.3 Å². The molecular weight excluding hydrogens is 416 g/mol. The van der Waals surface area contributed by atoms with E-state index in [-0.39, 0.29) is 17.5 Å². The Hall–Kier alpha value is -2.88. The predicted molar refractivity (Wildman–Crippen MR) is 122 cm³/mol. The molecule has 8 nitrogen and oxygen atoms in total. The van der Waals surface area contributed by atoms with Crippen molar-refractivity contribution in [1.82, 2.24) is 14.8 Å². The highest BCUT2D eigenvalue weighted by atomic mass is 32.1. The molecule has 1 atom stereocenters. The molecule has 0 radical (unpaired) electrons. The van der Waals surface area contributed by atoms with Crippen LogP contribution in [0.25, 0.3) is 21.2 Å². The number of aromatic nitrogens is 1. The number of aryl methyl sites for hydroxylation is 1. The normalized spacial score (nSPS) is 17.1. The van der Waals surface area contributed by atoms with E-state index in [0.29, 0.717) is 30.0 Å². The van der Waals surface area contributed by atoms with E-state index < -0.39 is 0 Å². The summed E-state index contributed by atoms with van der Waals surface area (Å²) in [7, 11) is 4.95. The molecule has 2 aromatic heterocycles. The van der Waals surface area contributed by atoms with Crippen molar-refractivity contribution in [3.63, 3.8) is 0 Å². The number of hydrogen-bond acceptors (Lipinski definition) is 7. The van der Waals surface area contributed by atoms with Crippen LogP contribution in [0.5, 0.6) is 11.5 Å². The van der Waals surface area contributed by atoms with Gasteiger partial charge in [-0.1, -0.05) is 6.07 Å². The molecule has 0 bridgehead atoms. The van der Waals surface area contributed by atoms with Crippen molar-refractivity contribution in [2.45, 2.75) is 12.6 Å². The molecule has 1 fully saturated rings. The lowest BCUT2D eigenvalue weighted by Crippen LogP contribution is -2.56. The summed E-state index contributed by atoms with van der Waals surface area (Å²) < 4.78 is 13.3. The number of carbonyl (C=O) groups is 1. The summed E-state index contributed by atoms with van der Waals surface area (Å²) in [6, 6.07) is 7.31. The van der Waals surface area contributed by atoms with Crippen LogP contribution in [-0.2, 0) is 18.4 Å². The summed E-state index contributed by atoms with van der Waals surface area (Å²) in [5.74, 6) is 0.939. The topological polar surface area (TPSA) is 98.8 Å². The Morgan fingerprint density at radius 1 is 1.26 bits per heavy atom. The number of ether oxygens (including phenoxy) is 2. The number of amides is 1. The molecule has 9 heteroatoms. The first-order valence-electron chi connectivity index (χ1n) is 10.0. The minimum absolute atomic E-state index is 0.0477. The third-order valence-electron chi connectivity index (χ3n) is 5.64. The minimum Gasteiger partial charge on any atom is -0.493 e. The number of nitrogens with one attached hydrogen (secondary N) is 1. The maximum atomic E-state index is 12.8. The molecule has 1 aliphatic rings. The summed E-state index contributed by atoms with van der Waals surface area (Å²) >= 11 is 1.57. The number of nitrogens with two attached hydrogens (primary N) is 1. The molecule has 3 heterocycles. The third kappa shape index (κ3) is 4.04. The van der Waals surface area contributed by atoms with E-state index >= 15 is 0 Å². The van der Waals surface area contributed by atoms with E-state index in [9.17, 15) is 9.59 Å². The molecule has 1 aromatic carbocycles. The molecule has 0 aliphatic carbocycles. The van der Waals surface area contributed by atoms with Gasteiger partial charge in [-0.15, -0.1) is 11.3 Å². The first-order valence-corrected chi connectivity index (χ1v) is 10.8. The van der Waals surface area contributed by atoms with Gasteiger partial charge in [0.05, 0.1) is 19.6 Å². The van der Waals surface area contributed by atoms with Gasteiger partial charge in [-0.05, 0) is 23.8 Å². The molecule has 0 saturated carbocycles. The fourth-order valence-electron chi connectivity index (χ4n) is 4.01. The van der Waals surface area contributed by atoms with Gasteiger partial charge in [-0.25, -0.2) is 0 Å². The lowest BCUT2D eigenvalue weighted by Gasteiger charge is -2.33. The molecule has 1 saturated heterocycles. The fraction of sp³-hybridized carbons (Fsp3) is 0.364. The standard InChI is InChI=1S/C22H26N4O4S/c1-25-12-16(13-4-5-18(29-2)19(8-13)30-3)20-15(22(25)28)9-14(31-20)11-26-7-6-24-10-17(26)21(23)27/h4-5,8-9,12,17,24H,6-7,10-11H2,1-3H3,(H2,23,27)/t17-/m1/s1. The van der Waals surface area contributed by atoms with Crippen molar-refractivity contribution in [2.24, 2.45) is 12.8 Å². The highest BCUT2D eigenvalue weighted by Crippen LogP contribution is 2.37. The fourth-order valence-corrected chi connectivity index (χ4v) is 5.21. The average Bonchev–Trinajstić information content (AvgIpc) is 3.20. The number of nitrogens with zero attached hydrogens (tertiary/aromatic N) is 2. The van der Waals surface area contributed by atoms with Gasteiger partial charge in [-0.3, -0.25) is 14.5 Å². The quantitative estimate of drug-likeness (QED) is 0.601. The molecule has 3 aromatic rings. The van der Waals surface area contributed by atoms with Crippen LogP contribution in [0.3, 0.4) is 0 Å². The zero-order valence-electron chi connectivity index (χ0n) is 17.8. The molecule has 1 aliphatic heterocycles. The van der Waals surface area contributed by atoms with Gasteiger partial charge in [0.1, 0.15) is 6.04 Å². The lowest BCUT2D eigenvalue weighted by molar-refractivity contribution is -0.124. The van der Waals surface area contributed by atoms with Crippen molar-refractivity contribution in [3.8, 4) is 22.6 Å². The van der Waals surface area contributed by atoms with Crippen molar-refractivity contribution < 1.29 is 14.3 Å². The molecular formula is C22H26N4O4S. The molecule has 164 valence electrons. The summed E-state index contributed by atoms with van der Waals surface area (Å²) in [6.07, 6.45) is 1.85. The molecule has 3 N–H and O–H groups in total. The van der Waals surface area contributed by atoms with Gasteiger partial charge in [-0.2, -0.15) is 0 Å². The van der Waals surface area contributed by atoms with E-state index in [1.165, 1.54) is 0 Å². The van der Waals surface area contributed by atoms with Crippen molar-refractivity contribution in [2.75, 3.05) is 33.9 Å². The van der Waals surface area contributed by atoms with Crippen LogP contribution < -0.4 is 26.1 Å². The number of methoxy groups -OCH3 is 2. The number of pyridine rings is 1. The predicted octanol–water partition coefficient (Wildman–Crippen LogP) is 1.54. The second-order valence-electron chi connectivity index (χ2n) is 7.58. The summed E-state index contributed by atoms with van der Waals surface area (Å²) in [6.45, 7) is 2.64. The molecule has 0 unspecified atom stereocenters. The summed E-state index contributed by atoms with van der Waals surface area (Å²) in [5, 5.41) is 3.88. The average molecular weight is 443 g/mol. The largest absolute Gasteiger partial charge is 0.493 e. The molecule has 0 spiro atoms. The number of benzene rings is 1. The molecule has 4 rings (SSSR count). The Kier molecular flexibility index (Phi) is 5.99. The highest BCUT2D eigenvalue weighted by Gasteiger charge is 2.27. The number of carbonyl (C=O) groups excluding carboxylic acids is 1. The number of hydrogen-bond donors (Lipinski definition) is 2. The number of primary amides is 1. The Balaban J connectivity index is 1.78. The van der Waals surface area contributed by atoms with E-state index in [1.54, 1.807) is 37.2 Å². The first kappa shape index (κ1) is 21.4. The lowest BCUT2D eigenvalue weighted by atomic mass is 10.1. The number of fused-ring (bicyclic) bond motifs is 1. The van der Waals surface area contributed by atoms with Gasteiger partial charge in [0.15, 0.2) is 11.5 Å². The summed E-state index contributed by atoms with van der Waals surface area (Å²) in [5.41, 5.74) is 7.42. The maximum absolute atomic E-state index is 12.8. The smallest absolute Gasteiger partial charge is 0.259 e. The minimum atomic E-state index is -0.355. The van der Waals surface area contributed by atoms with Crippen LogP contribution in [0.1, 0.15) is 4.88 Å². The number of thiophene rings is 1. The van der Waals surface area contributed by atoms with Crippen molar-refractivity contribution >= 4 is 27.3 Å². The zero-order valence-corrected chi connectivity index (χ0v) is 18.6. The molecule has 31 heavy (non-hydrogen) atoms. The van der Waals surface area contributed by atoms with E-state index in [2.05, 4.69) is 10.2 Å². The van der Waals surface area contributed by atoms with Gasteiger partial charge in [0.25, 0.3) is 5.56 Å². The Morgan fingerprint density at radius 3 is 2.74 bits per heavy atom. The Labute approximate surface area is 184 Å². The monoisotopic (exact) mass is 442 g/mol. The third-order valence-corrected chi connectivity index (χ3v) is 6.79. The van der Waals surface area contributed by atoms with Crippen LogP contribution in [-0.4, -0.2) is 55.3 Å². The number of rotatable bonds is 6.